The van der Waals surface area contributed by atoms with Gasteiger partial charge in [0.15, 0.2) is 6.10 Å². The third-order valence-corrected chi connectivity index (χ3v) is 3.89. The van der Waals surface area contributed by atoms with E-state index in [1.165, 1.54) is 18.4 Å². The number of carbonyl (C=O) groups is 1. The quantitative estimate of drug-likeness (QED) is 0.839. The van der Waals surface area contributed by atoms with Crippen molar-refractivity contribution >= 4 is 5.91 Å². The molecule has 3 nitrogen and oxygen atoms in total. The average Bonchev–Trinajstić information content (AvgIpc) is 2.49. The summed E-state index contributed by atoms with van der Waals surface area (Å²) < 4.78 is 5.80. The molecule has 0 aliphatic heterocycles. The number of allylic oxidation sites excluding steroid dienone is 1. The molecule has 0 bridgehead atoms. The highest BCUT2D eigenvalue weighted by atomic mass is 16.5. The maximum absolute atomic E-state index is 12.1. The molecule has 21 heavy (non-hydrogen) atoms. The van der Waals surface area contributed by atoms with E-state index in [1.54, 1.807) is 6.92 Å². The number of aryl methyl sites for hydroxylation is 2. The van der Waals surface area contributed by atoms with Gasteiger partial charge in [0.25, 0.3) is 5.91 Å². The van der Waals surface area contributed by atoms with E-state index in [0.717, 1.165) is 29.7 Å². The van der Waals surface area contributed by atoms with E-state index in [0.29, 0.717) is 6.54 Å². The predicted octanol–water partition coefficient (Wildman–Crippen LogP) is 3.69. The number of hydrogen-bond donors (Lipinski definition) is 1. The first-order valence-corrected chi connectivity index (χ1v) is 7.76. The second-order valence-corrected chi connectivity index (χ2v) is 5.85. The average molecular weight is 287 g/mol. The van der Waals surface area contributed by atoms with E-state index in [9.17, 15) is 4.79 Å². The van der Waals surface area contributed by atoms with Crippen LogP contribution in [0.2, 0.25) is 0 Å². The van der Waals surface area contributed by atoms with Gasteiger partial charge in [-0.1, -0.05) is 23.8 Å². The van der Waals surface area contributed by atoms with Gasteiger partial charge >= 0.3 is 0 Å². The van der Waals surface area contributed by atoms with Crippen LogP contribution >= 0.6 is 0 Å². The Bertz CT molecular complexity index is 534. The molecule has 0 saturated heterocycles. The Balaban J connectivity index is 1.87. The molecule has 1 N–H and O–H groups in total. The topological polar surface area (TPSA) is 38.3 Å². The number of benzene rings is 1. The van der Waals surface area contributed by atoms with E-state index in [-0.39, 0.29) is 5.91 Å². The van der Waals surface area contributed by atoms with Crippen molar-refractivity contribution in [2.45, 2.75) is 52.6 Å². The lowest BCUT2D eigenvalue weighted by molar-refractivity contribution is -0.127. The molecule has 0 spiro atoms. The number of carbonyl (C=O) groups excluding carboxylic acids is 1. The molecule has 2 rings (SSSR count). The van der Waals surface area contributed by atoms with Crippen molar-refractivity contribution in [3.63, 3.8) is 0 Å². The molecular weight excluding hydrogens is 262 g/mol. The van der Waals surface area contributed by atoms with Crippen molar-refractivity contribution < 1.29 is 9.53 Å². The molecule has 1 aliphatic carbocycles. The lowest BCUT2D eigenvalue weighted by Crippen LogP contribution is -2.37. The summed E-state index contributed by atoms with van der Waals surface area (Å²) in [5, 5.41) is 2.97. The van der Waals surface area contributed by atoms with Crippen LogP contribution in [0.1, 0.15) is 43.7 Å². The monoisotopic (exact) mass is 287 g/mol. The van der Waals surface area contributed by atoms with Crippen molar-refractivity contribution in [3.8, 4) is 5.75 Å². The Morgan fingerprint density at radius 3 is 2.86 bits per heavy atom. The molecule has 0 heterocycles. The molecule has 0 aromatic heterocycles. The minimum absolute atomic E-state index is 0.0534. The first-order valence-electron chi connectivity index (χ1n) is 7.76. The number of nitrogens with one attached hydrogen (secondary N) is 1. The van der Waals surface area contributed by atoms with Gasteiger partial charge in [0.05, 0.1) is 0 Å². The van der Waals surface area contributed by atoms with Crippen LogP contribution in [0.3, 0.4) is 0 Å². The first kappa shape index (κ1) is 15.6. The second kappa shape index (κ2) is 7.30. The maximum atomic E-state index is 12.1. The van der Waals surface area contributed by atoms with Gasteiger partial charge < -0.3 is 10.1 Å². The van der Waals surface area contributed by atoms with Crippen molar-refractivity contribution in [2.24, 2.45) is 0 Å². The zero-order chi connectivity index (χ0) is 15.2. The summed E-state index contributed by atoms with van der Waals surface area (Å²) in [6.07, 6.45) is 6.52. The zero-order valence-electron chi connectivity index (χ0n) is 13.2. The Hall–Kier alpha value is -1.77. The first-order chi connectivity index (χ1) is 10.1. The molecule has 0 radical (unpaired) electrons. The predicted molar refractivity (Wildman–Crippen MR) is 85.6 cm³/mol. The SMILES string of the molecule is Cc1ccc(C)c(OC(C)C(=O)NCC2=CCCCC2)c1. The fraction of sp³-hybridized carbons (Fsp3) is 0.500. The van der Waals surface area contributed by atoms with Crippen LogP contribution in [0.4, 0.5) is 0 Å². The highest BCUT2D eigenvalue weighted by Crippen LogP contribution is 2.20. The number of amides is 1. The summed E-state index contributed by atoms with van der Waals surface area (Å²) in [7, 11) is 0. The Labute approximate surface area is 127 Å². The van der Waals surface area contributed by atoms with Crippen molar-refractivity contribution in [2.75, 3.05) is 6.54 Å². The normalized spacial score (nSPS) is 16.0. The van der Waals surface area contributed by atoms with Gasteiger partial charge in [0.2, 0.25) is 0 Å². The molecule has 0 fully saturated rings. The lowest BCUT2D eigenvalue weighted by atomic mass is 10.00. The summed E-state index contributed by atoms with van der Waals surface area (Å²) in [5.41, 5.74) is 3.53. The van der Waals surface area contributed by atoms with Gasteiger partial charge in [0, 0.05) is 6.54 Å². The maximum Gasteiger partial charge on any atom is 0.261 e. The van der Waals surface area contributed by atoms with Gasteiger partial charge in [-0.05, 0) is 63.6 Å². The van der Waals surface area contributed by atoms with Gasteiger partial charge in [-0.3, -0.25) is 4.79 Å². The highest BCUT2D eigenvalue weighted by Gasteiger charge is 2.16. The Morgan fingerprint density at radius 1 is 1.33 bits per heavy atom. The summed E-state index contributed by atoms with van der Waals surface area (Å²) in [6.45, 7) is 6.46. The highest BCUT2D eigenvalue weighted by molar-refractivity contribution is 5.81. The molecule has 1 amide bonds. The minimum Gasteiger partial charge on any atom is -0.481 e. The third kappa shape index (κ3) is 4.62. The van der Waals surface area contributed by atoms with Gasteiger partial charge in [-0.2, -0.15) is 0 Å². The molecule has 3 heteroatoms. The zero-order valence-corrected chi connectivity index (χ0v) is 13.2. The fourth-order valence-electron chi connectivity index (χ4n) is 2.49. The van der Waals surface area contributed by atoms with E-state index in [1.807, 2.05) is 32.0 Å². The van der Waals surface area contributed by atoms with E-state index >= 15 is 0 Å². The van der Waals surface area contributed by atoms with Gasteiger partial charge in [-0.15, -0.1) is 0 Å². The van der Waals surface area contributed by atoms with Crippen LogP contribution in [0, 0.1) is 13.8 Å². The summed E-state index contributed by atoms with van der Waals surface area (Å²) in [4.78, 5) is 12.1. The molecule has 1 aliphatic rings. The van der Waals surface area contributed by atoms with Crippen LogP contribution in [0.5, 0.6) is 5.75 Å². The number of ether oxygens (including phenoxy) is 1. The molecule has 114 valence electrons. The molecule has 1 aromatic rings. The van der Waals surface area contributed by atoms with E-state index in [2.05, 4.69) is 11.4 Å². The van der Waals surface area contributed by atoms with Crippen molar-refractivity contribution in [3.05, 3.63) is 41.0 Å². The van der Waals surface area contributed by atoms with E-state index < -0.39 is 6.10 Å². The molecule has 0 saturated carbocycles. The molecule has 1 aromatic carbocycles. The molecular formula is C18H25NO2. The van der Waals surface area contributed by atoms with Crippen LogP contribution in [0.15, 0.2) is 29.8 Å². The van der Waals surface area contributed by atoms with Crippen molar-refractivity contribution in [1.29, 1.82) is 0 Å². The number of hydrogen-bond acceptors (Lipinski definition) is 2. The van der Waals surface area contributed by atoms with Crippen LogP contribution in [0.25, 0.3) is 0 Å². The number of rotatable bonds is 5. The molecule has 1 unspecified atom stereocenters. The van der Waals surface area contributed by atoms with E-state index in [4.69, 9.17) is 4.74 Å². The van der Waals surface area contributed by atoms with Crippen LogP contribution < -0.4 is 10.1 Å². The summed E-state index contributed by atoms with van der Waals surface area (Å²) in [6, 6.07) is 6.04. The molecule has 1 atom stereocenters. The standard InChI is InChI=1S/C18H25NO2/c1-13-9-10-14(2)17(11-13)21-15(3)18(20)19-12-16-7-5-4-6-8-16/h7,9-11,15H,4-6,8,12H2,1-3H3,(H,19,20). The van der Waals surface area contributed by atoms with Gasteiger partial charge in [0.1, 0.15) is 5.75 Å². The van der Waals surface area contributed by atoms with Gasteiger partial charge in [-0.25, -0.2) is 0 Å². The van der Waals surface area contributed by atoms with Crippen LogP contribution in [-0.2, 0) is 4.79 Å². The second-order valence-electron chi connectivity index (χ2n) is 5.85. The largest absolute Gasteiger partial charge is 0.481 e. The van der Waals surface area contributed by atoms with Crippen molar-refractivity contribution in [1.82, 2.24) is 5.32 Å². The Morgan fingerprint density at radius 2 is 2.14 bits per heavy atom. The summed E-state index contributed by atoms with van der Waals surface area (Å²) >= 11 is 0. The smallest absolute Gasteiger partial charge is 0.261 e. The fourth-order valence-corrected chi connectivity index (χ4v) is 2.49. The third-order valence-electron chi connectivity index (χ3n) is 3.89. The minimum atomic E-state index is -0.477. The van der Waals surface area contributed by atoms with Crippen LogP contribution in [-0.4, -0.2) is 18.6 Å². The Kier molecular flexibility index (Phi) is 5.43. The summed E-state index contributed by atoms with van der Waals surface area (Å²) in [5.74, 6) is 0.733. The lowest BCUT2D eigenvalue weighted by Gasteiger charge is -2.18.